The molecule has 5 rings (SSSR count). The van der Waals surface area contributed by atoms with E-state index in [1.807, 2.05) is 24.1 Å². The van der Waals surface area contributed by atoms with Crippen LogP contribution >= 0.6 is 0 Å². The van der Waals surface area contributed by atoms with Crippen molar-refractivity contribution in [3.63, 3.8) is 0 Å². The molecule has 0 aliphatic heterocycles. The topological polar surface area (TPSA) is 46.5 Å². The first-order chi connectivity index (χ1) is 12.7. The lowest BCUT2D eigenvalue weighted by atomic mass is 9.79. The summed E-state index contributed by atoms with van der Waals surface area (Å²) in [6.45, 7) is 2.38. The summed E-state index contributed by atoms with van der Waals surface area (Å²) in [7, 11) is 1.96. The van der Waals surface area contributed by atoms with Gasteiger partial charge in [0.2, 0.25) is 0 Å². The summed E-state index contributed by atoms with van der Waals surface area (Å²) in [6, 6.07) is 6.66. The van der Waals surface area contributed by atoms with Gasteiger partial charge in [0, 0.05) is 42.0 Å². The molecule has 1 N–H and O–H groups in total. The van der Waals surface area contributed by atoms with Crippen LogP contribution in [0.2, 0.25) is 0 Å². The van der Waals surface area contributed by atoms with Crippen LogP contribution in [0.4, 0.5) is 0 Å². The van der Waals surface area contributed by atoms with Crippen LogP contribution in [0.25, 0.3) is 32.9 Å². The van der Waals surface area contributed by atoms with Gasteiger partial charge in [-0.25, -0.2) is 4.98 Å². The Bertz CT molecular complexity index is 1080. The van der Waals surface area contributed by atoms with Crippen LogP contribution in [0.1, 0.15) is 44.1 Å². The first kappa shape index (κ1) is 15.6. The minimum atomic E-state index is 0.648. The number of benzene rings is 1. The Labute approximate surface area is 153 Å². The van der Waals surface area contributed by atoms with E-state index in [0.717, 1.165) is 17.1 Å². The van der Waals surface area contributed by atoms with E-state index in [2.05, 4.69) is 52.6 Å². The third kappa shape index (κ3) is 2.52. The molecule has 1 aliphatic rings. The number of pyridine rings is 1. The molecule has 0 spiro atoms. The van der Waals surface area contributed by atoms with Crippen LogP contribution < -0.4 is 0 Å². The van der Waals surface area contributed by atoms with Crippen molar-refractivity contribution in [3.8, 4) is 11.1 Å². The smallest absolute Gasteiger partial charge is 0.138 e. The van der Waals surface area contributed by atoms with Crippen molar-refractivity contribution in [2.75, 3.05) is 0 Å². The Kier molecular flexibility index (Phi) is 3.59. The number of fused-ring (bicyclic) bond motifs is 3. The van der Waals surface area contributed by atoms with Gasteiger partial charge in [0.15, 0.2) is 0 Å². The van der Waals surface area contributed by atoms with Crippen LogP contribution in [0.15, 0.2) is 43.0 Å². The molecule has 0 radical (unpaired) electrons. The molecular weight excluding hydrogens is 320 g/mol. The number of hydrogen-bond donors (Lipinski definition) is 1. The zero-order valence-corrected chi connectivity index (χ0v) is 15.4. The number of H-pyrrole nitrogens is 1. The first-order valence-corrected chi connectivity index (χ1v) is 9.58. The lowest BCUT2D eigenvalue weighted by molar-refractivity contribution is 0.349. The van der Waals surface area contributed by atoms with Gasteiger partial charge in [-0.05, 0) is 47.3 Å². The number of aromatic amines is 1. The minimum Gasteiger partial charge on any atom is -0.346 e. The lowest BCUT2D eigenvalue weighted by Crippen LogP contribution is -2.10. The average molecular weight is 344 g/mol. The highest BCUT2D eigenvalue weighted by molar-refractivity contribution is 6.07. The van der Waals surface area contributed by atoms with Gasteiger partial charge in [0.1, 0.15) is 5.65 Å². The highest BCUT2D eigenvalue weighted by Gasteiger charge is 2.23. The highest BCUT2D eigenvalue weighted by Crippen LogP contribution is 2.40. The number of hydrogen-bond acceptors (Lipinski definition) is 2. The summed E-state index contributed by atoms with van der Waals surface area (Å²) in [6.07, 6.45) is 13.4. The molecule has 3 aromatic heterocycles. The van der Waals surface area contributed by atoms with Gasteiger partial charge in [-0.15, -0.1) is 0 Å². The lowest BCUT2D eigenvalue weighted by Gasteiger charge is -2.26. The summed E-state index contributed by atoms with van der Waals surface area (Å²) in [5.41, 5.74) is 4.83. The van der Waals surface area contributed by atoms with E-state index in [4.69, 9.17) is 0 Å². The Morgan fingerprint density at radius 1 is 1.08 bits per heavy atom. The maximum absolute atomic E-state index is 4.67. The van der Waals surface area contributed by atoms with E-state index in [1.54, 1.807) is 0 Å². The zero-order valence-electron chi connectivity index (χ0n) is 15.4. The molecule has 1 aliphatic carbocycles. The number of aromatic nitrogens is 4. The normalized spacial score (nSPS) is 20.8. The van der Waals surface area contributed by atoms with Crippen LogP contribution in [-0.2, 0) is 7.05 Å². The van der Waals surface area contributed by atoms with Crippen LogP contribution in [0.5, 0.6) is 0 Å². The molecular formula is C22H24N4. The summed E-state index contributed by atoms with van der Waals surface area (Å²) >= 11 is 0. The largest absolute Gasteiger partial charge is 0.346 e. The summed E-state index contributed by atoms with van der Waals surface area (Å²) < 4.78 is 1.85. The second-order valence-corrected chi connectivity index (χ2v) is 7.89. The molecule has 26 heavy (non-hydrogen) atoms. The van der Waals surface area contributed by atoms with Crippen molar-refractivity contribution in [1.82, 2.24) is 19.7 Å². The van der Waals surface area contributed by atoms with Gasteiger partial charge in [0.05, 0.1) is 6.20 Å². The molecule has 4 aromatic rings. The van der Waals surface area contributed by atoms with E-state index in [-0.39, 0.29) is 0 Å². The molecule has 0 unspecified atom stereocenters. The fourth-order valence-corrected chi connectivity index (χ4v) is 4.47. The molecule has 1 saturated carbocycles. The predicted octanol–water partition coefficient (Wildman–Crippen LogP) is 5.41. The fraction of sp³-hybridized carbons (Fsp3) is 0.364. The Morgan fingerprint density at radius 3 is 2.69 bits per heavy atom. The average Bonchev–Trinajstić information content (AvgIpc) is 3.28. The predicted molar refractivity (Wildman–Crippen MR) is 106 cm³/mol. The first-order valence-electron chi connectivity index (χ1n) is 9.58. The highest BCUT2D eigenvalue weighted by atomic mass is 15.2. The number of nitrogens with one attached hydrogen (secondary N) is 1. The number of nitrogens with zero attached hydrogens (tertiary/aromatic N) is 3. The third-order valence-electron chi connectivity index (χ3n) is 6.04. The quantitative estimate of drug-likeness (QED) is 0.528. The number of rotatable bonds is 2. The zero-order chi connectivity index (χ0) is 17.7. The second-order valence-electron chi connectivity index (χ2n) is 7.89. The Balaban J connectivity index is 1.68. The molecule has 4 heteroatoms. The van der Waals surface area contributed by atoms with E-state index in [9.17, 15) is 0 Å². The van der Waals surface area contributed by atoms with Crippen LogP contribution in [-0.4, -0.2) is 19.7 Å². The van der Waals surface area contributed by atoms with Crippen molar-refractivity contribution < 1.29 is 0 Å². The maximum Gasteiger partial charge on any atom is 0.138 e. The van der Waals surface area contributed by atoms with Gasteiger partial charge < -0.3 is 4.98 Å². The Hall–Kier alpha value is -2.62. The van der Waals surface area contributed by atoms with Gasteiger partial charge in [-0.1, -0.05) is 31.9 Å². The summed E-state index contributed by atoms with van der Waals surface area (Å²) in [5, 5.41) is 8.14. The molecule has 132 valence electrons. The van der Waals surface area contributed by atoms with Crippen molar-refractivity contribution in [2.24, 2.45) is 13.0 Å². The maximum atomic E-state index is 4.67. The van der Waals surface area contributed by atoms with Crippen molar-refractivity contribution in [1.29, 1.82) is 0 Å². The Morgan fingerprint density at radius 2 is 1.92 bits per heavy atom. The van der Waals surface area contributed by atoms with Crippen LogP contribution in [0.3, 0.4) is 0 Å². The molecule has 0 bridgehead atoms. The van der Waals surface area contributed by atoms with E-state index in [1.165, 1.54) is 53.0 Å². The standard InChI is InChI=1S/C22H24N4/c1-14-3-5-15(6-4-14)20-12-24-22-21(20)19-9-16(7-8-17(19)10-23-22)18-11-25-26(2)13-18/h7-15H,3-6H2,1-2H3,(H,23,24). The molecule has 1 aromatic carbocycles. The van der Waals surface area contributed by atoms with Crippen molar-refractivity contribution >= 4 is 21.8 Å². The molecule has 3 heterocycles. The fourth-order valence-electron chi connectivity index (χ4n) is 4.47. The third-order valence-corrected chi connectivity index (χ3v) is 6.04. The van der Waals surface area contributed by atoms with Gasteiger partial charge >= 0.3 is 0 Å². The summed E-state index contributed by atoms with van der Waals surface area (Å²) in [5.74, 6) is 1.51. The molecule has 0 atom stereocenters. The van der Waals surface area contributed by atoms with Gasteiger partial charge in [-0.2, -0.15) is 5.10 Å². The van der Waals surface area contributed by atoms with Gasteiger partial charge in [-0.3, -0.25) is 4.68 Å². The van der Waals surface area contributed by atoms with Crippen LogP contribution in [0, 0.1) is 5.92 Å². The molecule has 0 amide bonds. The monoisotopic (exact) mass is 344 g/mol. The van der Waals surface area contributed by atoms with Crippen molar-refractivity contribution in [3.05, 3.63) is 48.5 Å². The van der Waals surface area contributed by atoms with Gasteiger partial charge in [0.25, 0.3) is 0 Å². The molecule has 4 nitrogen and oxygen atoms in total. The van der Waals surface area contributed by atoms with E-state index >= 15 is 0 Å². The summed E-state index contributed by atoms with van der Waals surface area (Å²) in [4.78, 5) is 8.10. The van der Waals surface area contributed by atoms with Crippen molar-refractivity contribution in [2.45, 2.75) is 38.5 Å². The molecule has 1 fully saturated rings. The van der Waals surface area contributed by atoms with E-state index in [0.29, 0.717) is 5.92 Å². The second kappa shape index (κ2) is 5.97. The number of aryl methyl sites for hydroxylation is 1. The molecule has 0 saturated heterocycles. The van der Waals surface area contributed by atoms with E-state index < -0.39 is 0 Å². The SMILES string of the molecule is CC1CCC(c2c[nH]c3ncc4ccc(-c5cnn(C)c5)cc4c23)CC1. The minimum absolute atomic E-state index is 0.648.